The number of rotatable bonds is 5. The predicted molar refractivity (Wildman–Crippen MR) is 87.0 cm³/mol. The van der Waals surface area contributed by atoms with Gasteiger partial charge in [-0.05, 0) is 66.0 Å². The van der Waals surface area contributed by atoms with Gasteiger partial charge in [0, 0.05) is 11.6 Å². The first-order valence-corrected chi connectivity index (χ1v) is 8.10. The number of hydrogen-bond donors (Lipinski definition) is 0. The molecule has 1 heterocycles. The van der Waals surface area contributed by atoms with E-state index in [1.54, 1.807) is 25.5 Å². The maximum absolute atomic E-state index is 12.9. The fourth-order valence-electron chi connectivity index (χ4n) is 2.63. The van der Waals surface area contributed by atoms with Gasteiger partial charge in [-0.2, -0.15) is 0 Å². The van der Waals surface area contributed by atoms with E-state index in [1.165, 1.54) is 0 Å². The number of carbonyl (C=O) groups is 1. The maximum atomic E-state index is 12.9. The normalized spacial score (nSPS) is 15.4. The van der Waals surface area contributed by atoms with Gasteiger partial charge in [0.15, 0.2) is 0 Å². The third-order valence-electron chi connectivity index (χ3n) is 3.95. The van der Waals surface area contributed by atoms with E-state index in [-0.39, 0.29) is 11.9 Å². The summed E-state index contributed by atoms with van der Waals surface area (Å²) in [6.07, 6.45) is 3.74. The number of carbonyl (C=O) groups excluding carboxylic acids is 1. The van der Waals surface area contributed by atoms with E-state index in [9.17, 15) is 4.79 Å². The van der Waals surface area contributed by atoms with Gasteiger partial charge >= 0.3 is 0 Å². The highest BCUT2D eigenvalue weighted by Gasteiger charge is 2.37. The largest absolute Gasteiger partial charge is 0.496 e. The van der Waals surface area contributed by atoms with E-state index >= 15 is 0 Å². The fourth-order valence-corrected chi connectivity index (χ4v) is 3.17. The maximum Gasteiger partial charge on any atom is 0.254 e. The van der Waals surface area contributed by atoms with E-state index < -0.39 is 0 Å². The highest BCUT2D eigenvalue weighted by molar-refractivity contribution is 9.10. The third kappa shape index (κ3) is 2.90. The van der Waals surface area contributed by atoms with Gasteiger partial charge in [-0.3, -0.25) is 4.79 Å². The Kier molecular flexibility index (Phi) is 4.25. The summed E-state index contributed by atoms with van der Waals surface area (Å²) in [6.45, 7) is 2.01. The Labute approximate surface area is 138 Å². The molecule has 1 aliphatic rings. The summed E-state index contributed by atoms with van der Waals surface area (Å²) < 4.78 is 11.5. The number of furan rings is 1. The highest BCUT2D eigenvalue weighted by atomic mass is 79.9. The average molecular weight is 364 g/mol. The molecule has 0 N–H and O–H groups in total. The van der Waals surface area contributed by atoms with Gasteiger partial charge in [0.25, 0.3) is 5.91 Å². The lowest BCUT2D eigenvalue weighted by Gasteiger charge is -2.28. The summed E-state index contributed by atoms with van der Waals surface area (Å²) >= 11 is 3.44. The van der Waals surface area contributed by atoms with Crippen molar-refractivity contribution in [3.05, 3.63) is 52.4 Å². The Hall–Kier alpha value is -1.75. The summed E-state index contributed by atoms with van der Waals surface area (Å²) in [7, 11) is 1.61. The topological polar surface area (TPSA) is 42.7 Å². The molecule has 0 bridgehead atoms. The number of benzene rings is 1. The molecule has 0 radical (unpaired) electrons. The molecule has 1 fully saturated rings. The van der Waals surface area contributed by atoms with Gasteiger partial charge in [-0.25, -0.2) is 0 Å². The van der Waals surface area contributed by atoms with Crippen molar-refractivity contribution in [2.45, 2.75) is 31.8 Å². The Morgan fingerprint density at radius 3 is 2.73 bits per heavy atom. The lowest BCUT2D eigenvalue weighted by Crippen LogP contribution is -2.35. The number of halogens is 1. The number of nitrogens with zero attached hydrogens (tertiary/aromatic N) is 1. The molecule has 0 aliphatic heterocycles. The first kappa shape index (κ1) is 15.2. The van der Waals surface area contributed by atoms with Crippen LogP contribution in [0.2, 0.25) is 0 Å². The minimum absolute atomic E-state index is 0.0229. The Morgan fingerprint density at radius 1 is 1.41 bits per heavy atom. The molecule has 1 saturated carbocycles. The van der Waals surface area contributed by atoms with Crippen LogP contribution >= 0.6 is 15.9 Å². The van der Waals surface area contributed by atoms with Crippen LogP contribution in [0.1, 0.15) is 41.9 Å². The van der Waals surface area contributed by atoms with Crippen molar-refractivity contribution in [1.82, 2.24) is 4.90 Å². The molecule has 1 amide bonds. The molecule has 2 aromatic rings. The van der Waals surface area contributed by atoms with Crippen LogP contribution in [-0.2, 0) is 0 Å². The first-order valence-electron chi connectivity index (χ1n) is 7.31. The van der Waals surface area contributed by atoms with Crippen molar-refractivity contribution in [2.75, 3.05) is 7.11 Å². The second-order valence-corrected chi connectivity index (χ2v) is 6.34. The lowest BCUT2D eigenvalue weighted by molar-refractivity contribution is 0.0652. The summed E-state index contributed by atoms with van der Waals surface area (Å²) in [5.74, 6) is 1.55. The molecule has 0 saturated heterocycles. The quantitative estimate of drug-likeness (QED) is 0.789. The zero-order chi connectivity index (χ0) is 15.7. The third-order valence-corrected chi connectivity index (χ3v) is 4.57. The van der Waals surface area contributed by atoms with Crippen LogP contribution in [0.5, 0.6) is 5.75 Å². The van der Waals surface area contributed by atoms with Crippen LogP contribution in [0.15, 0.2) is 45.5 Å². The van der Waals surface area contributed by atoms with Crippen molar-refractivity contribution in [1.29, 1.82) is 0 Å². The van der Waals surface area contributed by atoms with Crippen LogP contribution < -0.4 is 4.74 Å². The number of hydrogen-bond acceptors (Lipinski definition) is 3. The first-order chi connectivity index (χ1) is 10.6. The number of methoxy groups -OCH3 is 1. The minimum atomic E-state index is -0.0733. The van der Waals surface area contributed by atoms with Crippen molar-refractivity contribution in [3.8, 4) is 5.75 Å². The van der Waals surface area contributed by atoms with Crippen molar-refractivity contribution < 1.29 is 13.9 Å². The van der Waals surface area contributed by atoms with Crippen molar-refractivity contribution >= 4 is 21.8 Å². The molecular formula is C17H18BrNO3. The fraction of sp³-hybridized carbons (Fsp3) is 0.353. The average Bonchev–Trinajstić information content (AvgIpc) is 3.19. The summed E-state index contributed by atoms with van der Waals surface area (Å²) in [4.78, 5) is 14.9. The molecule has 22 heavy (non-hydrogen) atoms. The second kappa shape index (κ2) is 6.16. The van der Waals surface area contributed by atoms with Crippen LogP contribution in [-0.4, -0.2) is 24.0 Å². The van der Waals surface area contributed by atoms with Gasteiger partial charge < -0.3 is 14.1 Å². The second-order valence-electron chi connectivity index (χ2n) is 5.48. The number of ether oxygens (including phenoxy) is 1. The molecule has 1 atom stereocenters. The zero-order valence-electron chi connectivity index (χ0n) is 12.6. The summed E-state index contributed by atoms with van der Waals surface area (Å²) in [5.41, 5.74) is 0.651. The summed E-state index contributed by atoms with van der Waals surface area (Å²) in [5, 5.41) is 0. The molecule has 1 aromatic carbocycles. The minimum Gasteiger partial charge on any atom is -0.496 e. The Morgan fingerprint density at radius 2 is 2.18 bits per heavy atom. The van der Waals surface area contributed by atoms with E-state index in [2.05, 4.69) is 15.9 Å². The van der Waals surface area contributed by atoms with Crippen molar-refractivity contribution in [3.63, 3.8) is 0 Å². The predicted octanol–water partition coefficient (Wildman–Crippen LogP) is 4.42. The van der Waals surface area contributed by atoms with Gasteiger partial charge in [0.2, 0.25) is 0 Å². The molecule has 3 rings (SSSR count). The Bertz CT molecular complexity index is 665. The van der Waals surface area contributed by atoms with E-state index in [0.717, 1.165) is 23.1 Å². The zero-order valence-corrected chi connectivity index (χ0v) is 14.2. The molecule has 4 nitrogen and oxygen atoms in total. The van der Waals surface area contributed by atoms with Gasteiger partial charge in [0.1, 0.15) is 11.5 Å². The monoisotopic (exact) mass is 363 g/mol. The van der Waals surface area contributed by atoms with Crippen LogP contribution in [0, 0.1) is 0 Å². The van der Waals surface area contributed by atoms with Crippen molar-refractivity contribution in [2.24, 2.45) is 0 Å². The molecule has 116 valence electrons. The van der Waals surface area contributed by atoms with Gasteiger partial charge in [0.05, 0.1) is 23.9 Å². The molecule has 0 spiro atoms. The Balaban J connectivity index is 1.88. The highest BCUT2D eigenvalue weighted by Crippen LogP contribution is 2.36. The van der Waals surface area contributed by atoms with E-state index in [1.807, 2.05) is 30.0 Å². The van der Waals surface area contributed by atoms with Gasteiger partial charge in [-0.1, -0.05) is 0 Å². The molecule has 1 aliphatic carbocycles. The molecule has 5 heteroatoms. The molecule has 0 unspecified atom stereocenters. The smallest absolute Gasteiger partial charge is 0.254 e. The van der Waals surface area contributed by atoms with E-state index in [4.69, 9.17) is 9.15 Å². The van der Waals surface area contributed by atoms with Crippen LogP contribution in [0.25, 0.3) is 0 Å². The number of amides is 1. The van der Waals surface area contributed by atoms with Crippen LogP contribution in [0.3, 0.4) is 0 Å². The SMILES string of the molecule is COc1ccc(C(=O)N(C2CC2)[C@@H](C)c2ccco2)cc1Br. The molecule has 1 aromatic heterocycles. The van der Waals surface area contributed by atoms with E-state index in [0.29, 0.717) is 17.4 Å². The standard InChI is InChI=1S/C17H18BrNO3/c1-11(15-4-3-9-22-15)19(13-6-7-13)17(20)12-5-8-16(21-2)14(18)10-12/h3-5,8-11,13H,6-7H2,1-2H3/t11-/m0/s1. The van der Waals surface area contributed by atoms with Crippen LogP contribution in [0.4, 0.5) is 0 Å². The summed E-state index contributed by atoms with van der Waals surface area (Å²) in [6, 6.07) is 9.41. The lowest BCUT2D eigenvalue weighted by atomic mass is 10.1. The molecular weight excluding hydrogens is 346 g/mol. The van der Waals surface area contributed by atoms with Gasteiger partial charge in [-0.15, -0.1) is 0 Å².